The third-order valence-electron chi connectivity index (χ3n) is 6.26. The molecule has 0 heterocycles. The molecule has 0 amide bonds. The Morgan fingerprint density at radius 1 is 0.470 bits per heavy atom. The Hall–Kier alpha value is -8.74. The monoisotopic (exact) mass is 1230 g/mol. The number of aliphatic hydroxyl groups excluding tert-OH is 9. The number of rotatable bonds is 25. The molecule has 5 atom stereocenters. The fourth-order valence-electron chi connectivity index (χ4n) is 2.21. The lowest BCUT2D eigenvalue weighted by Crippen LogP contribution is -2.46. The molecule has 0 aromatic carbocycles. The predicted octanol–water partition coefficient (Wildman–Crippen LogP) is -5.91. The molecule has 0 unspecified atom stereocenters. The third-order valence-corrected chi connectivity index (χ3v) is 6.26. The summed E-state index contributed by atoms with van der Waals surface area (Å²) < 4.78 is 0. The van der Waals surface area contributed by atoms with Crippen molar-refractivity contribution < 1.29 is 199 Å². The Kier molecular flexibility index (Phi) is 76.9. The van der Waals surface area contributed by atoms with Gasteiger partial charge in [-0.05, 0) is 6.42 Å². The highest BCUT2D eigenvalue weighted by Crippen LogP contribution is 2.15. The van der Waals surface area contributed by atoms with Crippen molar-refractivity contribution in [3.63, 3.8) is 0 Å². The molecule has 0 spiro atoms. The van der Waals surface area contributed by atoms with E-state index in [1.807, 2.05) is 6.92 Å². The van der Waals surface area contributed by atoms with Crippen molar-refractivity contribution in [2.45, 2.75) is 135 Å². The van der Waals surface area contributed by atoms with Crippen LogP contribution in [0.5, 0.6) is 0 Å². The topological polar surface area (TPSA) is 759 Å². The summed E-state index contributed by atoms with van der Waals surface area (Å²) in [6.07, 6.45) is -10.9. The lowest BCUT2D eigenvalue weighted by atomic mass is 9.96. The van der Waals surface area contributed by atoms with Gasteiger partial charge in [0, 0.05) is 38.8 Å². The fraction of sp³-hybridized carbons (Fsp3) is 0.581. The van der Waals surface area contributed by atoms with Crippen LogP contribution in [-0.2, 0) is 76.7 Å². The number of ketones is 1. The lowest BCUT2D eigenvalue weighted by Gasteiger charge is -2.22. The Labute approximate surface area is 467 Å². The molecule has 0 fully saturated rings. The van der Waals surface area contributed by atoms with Crippen LogP contribution in [0, 0.1) is 5.92 Å². The van der Waals surface area contributed by atoms with Gasteiger partial charge in [0.2, 0.25) is 5.78 Å². The van der Waals surface area contributed by atoms with E-state index in [9.17, 15) is 71.9 Å². The lowest BCUT2D eigenvalue weighted by molar-refractivity contribution is -0.170. The number of carbonyl (C=O) groups is 16. The third kappa shape index (κ3) is 110. The molecule has 0 saturated carbocycles. The molecule has 0 rings (SSSR count). The quantitative estimate of drug-likeness (QED) is 0.0230. The average Bonchev–Trinajstić information content (AvgIpc) is 3.34. The number of carbonyl (C=O) groups excluding carboxylic acids is 2. The van der Waals surface area contributed by atoms with E-state index in [0.717, 1.165) is 20.3 Å². The zero-order valence-electron chi connectivity index (χ0n) is 44.8. The molecule has 0 saturated heterocycles. The van der Waals surface area contributed by atoms with Crippen LogP contribution in [0.25, 0.3) is 0 Å². The van der Waals surface area contributed by atoms with E-state index in [4.69, 9.17) is 127 Å². The van der Waals surface area contributed by atoms with Crippen LogP contribution >= 0.6 is 0 Å². The number of carboxylic acids is 14. The largest absolute Gasteiger partial charge is 0.481 e. The highest BCUT2D eigenvalue weighted by Gasteiger charge is 2.40. The first-order chi connectivity index (χ1) is 37.5. The number of aliphatic carboxylic acids is 14. The number of carboxylic acid groups (broad SMARTS) is 14. The van der Waals surface area contributed by atoms with Crippen molar-refractivity contribution in [2.24, 2.45) is 5.92 Å². The molecule has 0 aliphatic rings. The number of aldehydes is 1. The van der Waals surface area contributed by atoms with Gasteiger partial charge in [-0.2, -0.15) is 0 Å². The zero-order chi connectivity index (χ0) is 69.1. The molecule has 0 bridgehead atoms. The second-order valence-corrected chi connectivity index (χ2v) is 14.4. The van der Waals surface area contributed by atoms with Gasteiger partial charge in [0.25, 0.3) is 5.97 Å². The molecular formula is C43H74O40. The second kappa shape index (κ2) is 64.1. The van der Waals surface area contributed by atoms with Crippen LogP contribution in [0.3, 0.4) is 0 Å². The van der Waals surface area contributed by atoms with Gasteiger partial charge in [0.05, 0.1) is 57.8 Å². The Morgan fingerprint density at radius 2 is 0.771 bits per heavy atom. The highest BCUT2D eigenvalue weighted by molar-refractivity contribution is 6.31. The number of aliphatic hydroxyl groups is 10. The van der Waals surface area contributed by atoms with Crippen molar-refractivity contribution in [1.29, 1.82) is 0 Å². The van der Waals surface area contributed by atoms with E-state index in [1.54, 1.807) is 20.8 Å². The van der Waals surface area contributed by atoms with E-state index in [-0.39, 0.29) is 44.7 Å². The summed E-state index contributed by atoms with van der Waals surface area (Å²) in [6.45, 7) is 7.32. The average molecular weight is 1230 g/mol. The first-order valence-electron chi connectivity index (χ1n) is 21.9. The van der Waals surface area contributed by atoms with E-state index in [1.165, 1.54) is 0 Å². The van der Waals surface area contributed by atoms with Gasteiger partial charge < -0.3 is 127 Å². The van der Waals surface area contributed by atoms with Gasteiger partial charge in [-0.3, -0.25) is 47.9 Å². The molecule has 0 aromatic rings. The molecule has 0 radical (unpaired) electrons. The van der Waals surface area contributed by atoms with Crippen LogP contribution in [0.2, 0.25) is 0 Å². The summed E-state index contributed by atoms with van der Waals surface area (Å²) in [6, 6.07) is 0. The molecule has 40 heteroatoms. The molecule has 40 nitrogen and oxygen atoms in total. The van der Waals surface area contributed by atoms with E-state index in [0.29, 0.717) is 18.6 Å². The maximum atomic E-state index is 10.3. The van der Waals surface area contributed by atoms with Crippen LogP contribution in [0.1, 0.15) is 92.9 Å². The SMILES string of the molecule is CC(=O)C(=O)O.CC(=O)O.CC(C)C(=O)O.CCC(=O)O.CCCC(=O)O.O=C(O)/C=C/C(=O)O.O=C(O)CC(O)(CC(=O)O)C(=O)O.O=C(O)CCC(=O)O.O=C(O)C[C@H](O)C(=O)O.O=C[C@H](O)[C@@H](O)[C@H](O)[C@H](O)CO.OCC(O)CO. The first-order valence-corrected chi connectivity index (χ1v) is 21.9. The second-order valence-electron chi connectivity index (χ2n) is 14.4. The van der Waals surface area contributed by atoms with Crippen molar-refractivity contribution in [3.05, 3.63) is 12.2 Å². The van der Waals surface area contributed by atoms with Crippen molar-refractivity contribution in [1.82, 2.24) is 0 Å². The molecule has 0 aromatic heterocycles. The smallest absolute Gasteiger partial charge is 0.371 e. The predicted molar refractivity (Wildman–Crippen MR) is 264 cm³/mol. The fourth-order valence-corrected chi connectivity index (χ4v) is 2.21. The van der Waals surface area contributed by atoms with Gasteiger partial charge in [0.1, 0.15) is 30.5 Å². The minimum Gasteiger partial charge on any atom is -0.481 e. The molecule has 486 valence electrons. The maximum Gasteiger partial charge on any atom is 0.371 e. The zero-order valence-corrected chi connectivity index (χ0v) is 44.8. The normalized spacial score (nSPS) is 11.1. The number of hydrogen-bond donors (Lipinski definition) is 24. The maximum absolute atomic E-state index is 10.3. The van der Waals surface area contributed by atoms with Crippen LogP contribution < -0.4 is 0 Å². The van der Waals surface area contributed by atoms with Crippen molar-refractivity contribution >= 4 is 95.6 Å². The van der Waals surface area contributed by atoms with Crippen molar-refractivity contribution in [2.75, 3.05) is 19.8 Å². The summed E-state index contributed by atoms with van der Waals surface area (Å²) in [5.74, 6) is -18.0. The Morgan fingerprint density at radius 3 is 0.880 bits per heavy atom. The minimum absolute atomic E-state index is 0.0258. The summed E-state index contributed by atoms with van der Waals surface area (Å²) >= 11 is 0. The summed E-state index contributed by atoms with van der Waals surface area (Å²) in [5.41, 5.74) is -2.74. The number of hydrogen-bond acceptors (Lipinski definition) is 26. The minimum atomic E-state index is -2.74. The van der Waals surface area contributed by atoms with Crippen LogP contribution in [0.15, 0.2) is 12.2 Å². The summed E-state index contributed by atoms with van der Waals surface area (Å²) in [4.78, 5) is 155. The molecule has 0 aliphatic heterocycles. The van der Waals surface area contributed by atoms with Gasteiger partial charge in [-0.25, -0.2) is 24.0 Å². The summed E-state index contributed by atoms with van der Waals surface area (Å²) in [7, 11) is 0. The first kappa shape index (κ1) is 99.6. The van der Waals surface area contributed by atoms with Crippen molar-refractivity contribution in [3.8, 4) is 0 Å². The molecule has 0 aliphatic carbocycles. The number of Topliss-reactive ketones (excluding diaryl/α,β-unsaturated/α-hetero) is 1. The summed E-state index contributed by atoms with van der Waals surface area (Å²) in [5, 5.41) is 196. The van der Waals surface area contributed by atoms with Gasteiger partial charge in [-0.1, -0.05) is 27.7 Å². The Balaban J connectivity index is -0.0000000776. The molecule has 24 N–H and O–H groups in total. The van der Waals surface area contributed by atoms with E-state index >= 15 is 0 Å². The van der Waals surface area contributed by atoms with Crippen LogP contribution in [-0.4, -0.2) is 280 Å². The standard InChI is InChI=1S/C6H8O7.C6H12O6.C4H6O5.C4H6O4.C4H4O4.2C4H8O2.C3H8O3.C3H4O3.C3H6O2.C2H4O2/c7-3(8)1-6(13,5(11)12)2-4(9)10;7-1-3(9)5(11)6(12)4(10)2-8;5-2(4(8)9)1-3(6)7;2*5-3(6)1-2-4(7)8;1-3(2)4(5)6;1-2-3-4(5)6;4-1-3(6)2-5;1-2(4)3(5)6;1-2-3(4)5;1-2(3)4/h13H,1-2H2,(H,7,8)(H,9,10)(H,11,12);1,3-6,8-12H,2H2;2,5H,1H2,(H,6,7)(H,8,9);1-2H2,(H,5,6)(H,7,8);1-2H,(H,5,6)(H,7,8);3H,1-2H3,(H,5,6);2-3H2,1H3,(H,5,6);3-6H,1-2H2;1H3,(H,5,6);2H2,1H3,(H,4,5);1H3,(H,3,4)/b;;;;2-1+;;;;;;/t;3-,4+,5+,6+;2-;;;;;;;;/m.00......../s1. The van der Waals surface area contributed by atoms with Gasteiger partial charge in [0.15, 0.2) is 18.0 Å². The van der Waals surface area contributed by atoms with E-state index < -0.39 is 157 Å². The highest BCUT2D eigenvalue weighted by atomic mass is 16.4. The Bertz CT molecular complexity index is 1870. The van der Waals surface area contributed by atoms with Gasteiger partial charge >= 0.3 is 77.6 Å². The molecular weight excluding hydrogens is 1160 g/mol. The van der Waals surface area contributed by atoms with Crippen LogP contribution in [0.4, 0.5) is 0 Å². The van der Waals surface area contributed by atoms with E-state index in [2.05, 4.69) is 0 Å². The molecule has 83 heavy (non-hydrogen) atoms. The van der Waals surface area contributed by atoms with Gasteiger partial charge in [-0.15, -0.1) is 0 Å².